The summed E-state index contributed by atoms with van der Waals surface area (Å²) in [5, 5.41) is 10.4. The van der Waals surface area contributed by atoms with Crippen molar-refractivity contribution in [3.63, 3.8) is 0 Å². The van der Waals surface area contributed by atoms with Crippen LogP contribution >= 0.6 is 0 Å². The number of pyridine rings is 1. The number of amides is 2. The molecule has 4 aromatic rings. The predicted octanol–water partition coefficient (Wildman–Crippen LogP) is 4.67. The number of hydrogen-bond acceptors (Lipinski definition) is 6. The average molecular weight is 471 g/mol. The van der Waals surface area contributed by atoms with Crippen LogP contribution in [0.2, 0.25) is 0 Å². The van der Waals surface area contributed by atoms with Crippen molar-refractivity contribution in [2.24, 2.45) is 0 Å². The van der Waals surface area contributed by atoms with Crippen LogP contribution in [0.3, 0.4) is 0 Å². The van der Waals surface area contributed by atoms with Gasteiger partial charge in [0.1, 0.15) is 0 Å². The highest BCUT2D eigenvalue weighted by Gasteiger charge is 2.22. The van der Waals surface area contributed by atoms with E-state index >= 15 is 0 Å². The number of ether oxygens (including phenoxy) is 1. The van der Waals surface area contributed by atoms with Gasteiger partial charge in [0.25, 0.3) is 17.5 Å². The molecule has 3 heterocycles. The van der Waals surface area contributed by atoms with Crippen LogP contribution in [0.25, 0.3) is 22.4 Å². The first-order chi connectivity index (χ1) is 17.0. The standard InChI is InChI=1S/C27H26N4O4/c1-16-9-11-18(12-10-16)23-14-21(24-17(2)31-35-27(24)30-23)26(33)29-22-8-4-3-7-20(22)25(32)28-15-19-6-5-13-34-19/h3-4,7-12,14,19H,5-6,13,15H2,1-2H3,(H,28,32)(H,29,33). The summed E-state index contributed by atoms with van der Waals surface area (Å²) in [6.07, 6.45) is 1.96. The van der Waals surface area contributed by atoms with Crippen molar-refractivity contribution in [3.05, 3.63) is 77.0 Å². The maximum Gasteiger partial charge on any atom is 0.259 e. The highest BCUT2D eigenvalue weighted by atomic mass is 16.5. The number of anilines is 1. The molecule has 2 aromatic heterocycles. The monoisotopic (exact) mass is 470 g/mol. The smallest absolute Gasteiger partial charge is 0.259 e. The number of para-hydroxylation sites is 1. The Bertz CT molecular complexity index is 1390. The van der Waals surface area contributed by atoms with Gasteiger partial charge in [-0.25, -0.2) is 4.98 Å². The Balaban J connectivity index is 1.44. The Morgan fingerprint density at radius 1 is 1.03 bits per heavy atom. The average Bonchev–Trinajstić information content (AvgIpc) is 3.53. The lowest BCUT2D eigenvalue weighted by Crippen LogP contribution is -2.32. The van der Waals surface area contributed by atoms with E-state index in [1.165, 1.54) is 0 Å². The number of rotatable bonds is 6. The van der Waals surface area contributed by atoms with Crippen molar-refractivity contribution in [1.29, 1.82) is 0 Å². The minimum absolute atomic E-state index is 0.0302. The maximum absolute atomic E-state index is 13.5. The largest absolute Gasteiger partial charge is 0.376 e. The fourth-order valence-corrected chi connectivity index (χ4v) is 4.23. The van der Waals surface area contributed by atoms with Crippen LogP contribution in [0.4, 0.5) is 5.69 Å². The molecular weight excluding hydrogens is 444 g/mol. The Kier molecular flexibility index (Phi) is 6.29. The molecule has 0 saturated carbocycles. The van der Waals surface area contributed by atoms with Gasteiger partial charge in [0.15, 0.2) is 0 Å². The maximum atomic E-state index is 13.5. The molecule has 0 spiro atoms. The van der Waals surface area contributed by atoms with E-state index in [1.807, 2.05) is 31.2 Å². The molecule has 0 aliphatic carbocycles. The van der Waals surface area contributed by atoms with Crippen LogP contribution in [0.1, 0.15) is 44.8 Å². The molecule has 0 bridgehead atoms. The summed E-state index contributed by atoms with van der Waals surface area (Å²) < 4.78 is 11.0. The van der Waals surface area contributed by atoms with Gasteiger partial charge < -0.3 is 19.9 Å². The van der Waals surface area contributed by atoms with Gasteiger partial charge >= 0.3 is 0 Å². The second-order valence-corrected chi connectivity index (χ2v) is 8.71. The second kappa shape index (κ2) is 9.68. The lowest BCUT2D eigenvalue weighted by atomic mass is 10.0. The van der Waals surface area contributed by atoms with Crippen molar-refractivity contribution in [3.8, 4) is 11.3 Å². The van der Waals surface area contributed by atoms with E-state index in [4.69, 9.17) is 9.26 Å². The van der Waals surface area contributed by atoms with E-state index in [0.717, 1.165) is 30.6 Å². The van der Waals surface area contributed by atoms with Gasteiger partial charge in [0, 0.05) is 18.7 Å². The molecule has 2 amide bonds. The SMILES string of the molecule is Cc1ccc(-c2cc(C(=O)Nc3ccccc3C(=O)NCC3CCCO3)c3c(C)noc3n2)cc1. The molecule has 2 N–H and O–H groups in total. The third-order valence-electron chi connectivity index (χ3n) is 6.14. The number of fused-ring (bicyclic) bond motifs is 1. The Hall–Kier alpha value is -4.04. The van der Waals surface area contributed by atoms with Gasteiger partial charge in [-0.15, -0.1) is 0 Å². The zero-order chi connectivity index (χ0) is 24.4. The van der Waals surface area contributed by atoms with Crippen LogP contribution in [-0.4, -0.2) is 41.2 Å². The third kappa shape index (κ3) is 4.79. The zero-order valence-electron chi connectivity index (χ0n) is 19.6. The first kappa shape index (κ1) is 22.7. The van der Waals surface area contributed by atoms with Crippen LogP contribution in [0, 0.1) is 13.8 Å². The molecule has 8 heteroatoms. The fourth-order valence-electron chi connectivity index (χ4n) is 4.23. The summed E-state index contributed by atoms with van der Waals surface area (Å²) in [5.74, 6) is -0.644. The Morgan fingerprint density at radius 2 is 1.83 bits per heavy atom. The van der Waals surface area contributed by atoms with E-state index in [0.29, 0.717) is 40.1 Å². The summed E-state index contributed by atoms with van der Waals surface area (Å²) in [5.41, 5.74) is 4.60. The number of aromatic nitrogens is 2. The molecule has 1 aliphatic rings. The number of carbonyl (C=O) groups is 2. The van der Waals surface area contributed by atoms with Crippen molar-refractivity contribution >= 4 is 28.6 Å². The normalized spacial score (nSPS) is 15.3. The number of carbonyl (C=O) groups excluding carboxylic acids is 2. The van der Waals surface area contributed by atoms with Gasteiger partial charge in [-0.3, -0.25) is 9.59 Å². The first-order valence-electron chi connectivity index (χ1n) is 11.6. The van der Waals surface area contributed by atoms with Crippen molar-refractivity contribution < 1.29 is 18.8 Å². The summed E-state index contributed by atoms with van der Waals surface area (Å²) in [6.45, 7) is 4.93. The zero-order valence-corrected chi connectivity index (χ0v) is 19.6. The van der Waals surface area contributed by atoms with Gasteiger partial charge in [-0.2, -0.15) is 0 Å². The van der Waals surface area contributed by atoms with Gasteiger partial charge in [-0.05, 0) is 44.9 Å². The predicted molar refractivity (Wildman–Crippen MR) is 132 cm³/mol. The van der Waals surface area contributed by atoms with E-state index in [1.54, 1.807) is 37.3 Å². The van der Waals surface area contributed by atoms with Crippen LogP contribution in [0.15, 0.2) is 59.1 Å². The molecule has 35 heavy (non-hydrogen) atoms. The van der Waals surface area contributed by atoms with Gasteiger partial charge in [0.2, 0.25) is 0 Å². The number of nitrogens with zero attached hydrogens (tertiary/aromatic N) is 2. The lowest BCUT2D eigenvalue weighted by molar-refractivity contribution is 0.0858. The van der Waals surface area contributed by atoms with E-state index in [2.05, 4.69) is 20.8 Å². The van der Waals surface area contributed by atoms with Gasteiger partial charge in [-0.1, -0.05) is 47.1 Å². The minimum atomic E-state index is -0.378. The summed E-state index contributed by atoms with van der Waals surface area (Å²) >= 11 is 0. The molecule has 1 atom stereocenters. The lowest BCUT2D eigenvalue weighted by Gasteiger charge is -2.14. The molecule has 5 rings (SSSR count). The third-order valence-corrected chi connectivity index (χ3v) is 6.14. The summed E-state index contributed by atoms with van der Waals surface area (Å²) in [4.78, 5) is 30.9. The van der Waals surface area contributed by atoms with E-state index in [-0.39, 0.29) is 23.6 Å². The molecule has 1 aliphatic heterocycles. The molecular formula is C27H26N4O4. The Morgan fingerprint density at radius 3 is 2.60 bits per heavy atom. The van der Waals surface area contributed by atoms with Crippen molar-refractivity contribution in [2.75, 3.05) is 18.5 Å². The van der Waals surface area contributed by atoms with Gasteiger partial charge in [0.05, 0.1) is 39.7 Å². The summed E-state index contributed by atoms with van der Waals surface area (Å²) in [6, 6.07) is 16.5. The molecule has 8 nitrogen and oxygen atoms in total. The van der Waals surface area contributed by atoms with E-state index < -0.39 is 0 Å². The fraction of sp³-hybridized carbons (Fsp3) is 0.259. The molecule has 178 valence electrons. The topological polar surface area (TPSA) is 106 Å². The minimum Gasteiger partial charge on any atom is -0.376 e. The Labute approximate surface area is 202 Å². The number of nitrogens with one attached hydrogen (secondary N) is 2. The molecule has 1 fully saturated rings. The van der Waals surface area contributed by atoms with Crippen LogP contribution < -0.4 is 10.6 Å². The molecule has 1 unspecified atom stereocenters. The number of aryl methyl sites for hydroxylation is 2. The highest BCUT2D eigenvalue weighted by Crippen LogP contribution is 2.28. The van der Waals surface area contributed by atoms with Crippen LogP contribution in [0.5, 0.6) is 0 Å². The molecule has 0 radical (unpaired) electrons. The summed E-state index contributed by atoms with van der Waals surface area (Å²) in [7, 11) is 0. The quantitative estimate of drug-likeness (QED) is 0.424. The number of hydrogen-bond donors (Lipinski definition) is 2. The number of benzene rings is 2. The van der Waals surface area contributed by atoms with E-state index in [9.17, 15) is 9.59 Å². The first-order valence-corrected chi connectivity index (χ1v) is 11.6. The van der Waals surface area contributed by atoms with Crippen molar-refractivity contribution in [1.82, 2.24) is 15.5 Å². The second-order valence-electron chi connectivity index (χ2n) is 8.71. The van der Waals surface area contributed by atoms with Crippen LogP contribution in [-0.2, 0) is 4.74 Å². The molecule has 2 aromatic carbocycles. The molecule has 1 saturated heterocycles. The van der Waals surface area contributed by atoms with Crippen molar-refractivity contribution in [2.45, 2.75) is 32.8 Å². The highest BCUT2D eigenvalue weighted by molar-refractivity contribution is 6.15.